The van der Waals surface area contributed by atoms with Crippen LogP contribution in [0.2, 0.25) is 0 Å². The first-order valence-electron chi connectivity index (χ1n) is 6.17. The highest BCUT2D eigenvalue weighted by Gasteiger charge is 2.09. The number of hydrogen-bond acceptors (Lipinski definition) is 2. The first-order chi connectivity index (χ1) is 8.36. The second-order valence-electron chi connectivity index (χ2n) is 4.12. The average Bonchev–Trinajstić information content (AvgIpc) is 2.89. The zero-order valence-corrected chi connectivity index (χ0v) is 10.3. The molecule has 2 rings (SSSR count). The summed E-state index contributed by atoms with van der Waals surface area (Å²) < 4.78 is 1.96. The monoisotopic (exact) mass is 229 g/mol. The molecule has 1 aromatic heterocycles. The van der Waals surface area contributed by atoms with E-state index >= 15 is 0 Å². The van der Waals surface area contributed by atoms with Crippen LogP contribution in [0, 0.1) is 0 Å². The molecule has 0 aliphatic heterocycles. The van der Waals surface area contributed by atoms with Gasteiger partial charge in [0, 0.05) is 12.4 Å². The summed E-state index contributed by atoms with van der Waals surface area (Å²) in [6, 6.07) is 8.42. The van der Waals surface area contributed by atoms with Crippen LogP contribution in [0.3, 0.4) is 0 Å². The Labute approximate surface area is 102 Å². The van der Waals surface area contributed by atoms with E-state index < -0.39 is 0 Å². The van der Waals surface area contributed by atoms with Gasteiger partial charge >= 0.3 is 0 Å². The third-order valence-corrected chi connectivity index (χ3v) is 2.97. The molecule has 0 atom stereocenters. The van der Waals surface area contributed by atoms with Gasteiger partial charge in [0.2, 0.25) is 0 Å². The van der Waals surface area contributed by atoms with E-state index in [1.54, 1.807) is 0 Å². The maximum absolute atomic E-state index is 5.59. The molecule has 0 unspecified atom stereocenters. The zero-order chi connectivity index (χ0) is 12.1. The number of aromatic nitrogens is 2. The van der Waals surface area contributed by atoms with Gasteiger partial charge in [-0.2, -0.15) is 5.10 Å². The Morgan fingerprint density at radius 1 is 1.24 bits per heavy atom. The summed E-state index contributed by atoms with van der Waals surface area (Å²) in [5.41, 5.74) is 9.49. The van der Waals surface area contributed by atoms with Crippen molar-refractivity contribution in [3.8, 4) is 5.69 Å². The van der Waals surface area contributed by atoms with Gasteiger partial charge in [0.25, 0.3) is 0 Å². The van der Waals surface area contributed by atoms with Crippen LogP contribution >= 0.6 is 0 Å². The van der Waals surface area contributed by atoms with E-state index in [0.29, 0.717) is 0 Å². The van der Waals surface area contributed by atoms with Crippen molar-refractivity contribution >= 4 is 0 Å². The van der Waals surface area contributed by atoms with Crippen LogP contribution in [-0.4, -0.2) is 16.3 Å². The largest absolute Gasteiger partial charge is 0.330 e. The number of nitrogens with zero attached hydrogens (tertiary/aromatic N) is 2. The third kappa shape index (κ3) is 2.56. The average molecular weight is 229 g/mol. The molecule has 1 heterocycles. The van der Waals surface area contributed by atoms with Crippen LogP contribution in [0.5, 0.6) is 0 Å². The smallest absolute Gasteiger partial charge is 0.0709 e. The summed E-state index contributed by atoms with van der Waals surface area (Å²) in [6.07, 6.45) is 6.87. The Kier molecular flexibility index (Phi) is 3.94. The molecule has 3 heteroatoms. The molecule has 0 bridgehead atoms. The lowest BCUT2D eigenvalue weighted by Gasteiger charge is -2.13. The third-order valence-electron chi connectivity index (χ3n) is 2.97. The van der Waals surface area contributed by atoms with E-state index in [1.807, 2.05) is 23.1 Å². The number of nitrogens with two attached hydrogens (primary N) is 1. The Hall–Kier alpha value is -1.61. The van der Waals surface area contributed by atoms with Crippen molar-refractivity contribution < 1.29 is 0 Å². The maximum atomic E-state index is 5.59. The molecule has 90 valence electrons. The number of aryl methyl sites for hydroxylation is 2. The predicted molar refractivity (Wildman–Crippen MR) is 70.3 cm³/mol. The molecule has 1 aromatic carbocycles. The van der Waals surface area contributed by atoms with Crippen molar-refractivity contribution in [2.24, 2.45) is 5.73 Å². The molecule has 0 aliphatic carbocycles. The van der Waals surface area contributed by atoms with Crippen molar-refractivity contribution in [3.63, 3.8) is 0 Å². The molecule has 0 spiro atoms. The molecular weight excluding hydrogens is 210 g/mol. The highest BCUT2D eigenvalue weighted by molar-refractivity contribution is 5.47. The minimum atomic E-state index is 0.731. The SMILES string of the molecule is CCc1cccc(CCCN)c1-n1cccn1. The van der Waals surface area contributed by atoms with Crippen LogP contribution in [0.25, 0.3) is 5.69 Å². The molecule has 0 radical (unpaired) electrons. The van der Waals surface area contributed by atoms with Gasteiger partial charge in [-0.3, -0.25) is 0 Å². The van der Waals surface area contributed by atoms with E-state index in [9.17, 15) is 0 Å². The Balaban J connectivity index is 2.44. The molecule has 0 amide bonds. The van der Waals surface area contributed by atoms with E-state index in [2.05, 4.69) is 30.2 Å². The molecule has 17 heavy (non-hydrogen) atoms. The van der Waals surface area contributed by atoms with Crippen molar-refractivity contribution in [2.75, 3.05) is 6.54 Å². The fourth-order valence-corrected chi connectivity index (χ4v) is 2.12. The standard InChI is InChI=1S/C14H19N3/c1-2-12-6-3-7-13(8-4-9-15)14(12)17-11-5-10-16-17/h3,5-7,10-11H,2,4,8-9,15H2,1H3. The number of rotatable bonds is 5. The summed E-state index contributed by atoms with van der Waals surface area (Å²) in [4.78, 5) is 0. The van der Waals surface area contributed by atoms with Crippen molar-refractivity contribution in [3.05, 3.63) is 47.8 Å². The molecule has 2 aromatic rings. The second-order valence-corrected chi connectivity index (χ2v) is 4.12. The molecule has 2 N–H and O–H groups in total. The van der Waals surface area contributed by atoms with E-state index in [4.69, 9.17) is 5.73 Å². The Bertz CT molecular complexity index is 460. The molecule has 0 aliphatic rings. The van der Waals surface area contributed by atoms with E-state index in [1.165, 1.54) is 16.8 Å². The predicted octanol–water partition coefficient (Wildman–Crippen LogP) is 2.33. The molecule has 3 nitrogen and oxygen atoms in total. The van der Waals surface area contributed by atoms with Gasteiger partial charge < -0.3 is 5.73 Å². The summed E-state index contributed by atoms with van der Waals surface area (Å²) in [7, 11) is 0. The number of para-hydroxylation sites is 1. The van der Waals surface area contributed by atoms with Gasteiger partial charge in [-0.25, -0.2) is 4.68 Å². The lowest BCUT2D eigenvalue weighted by Crippen LogP contribution is -2.07. The Morgan fingerprint density at radius 3 is 2.71 bits per heavy atom. The topological polar surface area (TPSA) is 43.8 Å². The summed E-state index contributed by atoms with van der Waals surface area (Å²) >= 11 is 0. The van der Waals surface area contributed by atoms with Crippen LogP contribution in [0.1, 0.15) is 24.5 Å². The van der Waals surface area contributed by atoms with Crippen LogP contribution in [0.15, 0.2) is 36.7 Å². The molecule has 0 saturated heterocycles. The molecule has 0 fully saturated rings. The number of benzene rings is 1. The van der Waals surface area contributed by atoms with Crippen molar-refractivity contribution in [1.29, 1.82) is 0 Å². The molecule has 0 saturated carbocycles. The van der Waals surface area contributed by atoms with Gasteiger partial charge in [0.1, 0.15) is 0 Å². The highest BCUT2D eigenvalue weighted by Crippen LogP contribution is 2.21. The lowest BCUT2D eigenvalue weighted by molar-refractivity contribution is 0.796. The first-order valence-corrected chi connectivity index (χ1v) is 6.17. The van der Waals surface area contributed by atoms with Crippen molar-refractivity contribution in [1.82, 2.24) is 9.78 Å². The van der Waals surface area contributed by atoms with E-state index in [-0.39, 0.29) is 0 Å². The van der Waals surface area contributed by atoms with Crippen LogP contribution < -0.4 is 5.73 Å². The summed E-state index contributed by atoms with van der Waals surface area (Å²) in [6.45, 7) is 2.91. The zero-order valence-electron chi connectivity index (χ0n) is 10.3. The van der Waals surface area contributed by atoms with Gasteiger partial charge in [0.15, 0.2) is 0 Å². The maximum Gasteiger partial charge on any atom is 0.0709 e. The quantitative estimate of drug-likeness (QED) is 0.855. The fourth-order valence-electron chi connectivity index (χ4n) is 2.12. The van der Waals surface area contributed by atoms with Gasteiger partial charge in [-0.05, 0) is 43.0 Å². The van der Waals surface area contributed by atoms with Gasteiger partial charge in [0.05, 0.1) is 5.69 Å². The first kappa shape index (κ1) is 11.9. The summed E-state index contributed by atoms with van der Waals surface area (Å²) in [5, 5.41) is 4.35. The van der Waals surface area contributed by atoms with Crippen LogP contribution in [0.4, 0.5) is 0 Å². The lowest BCUT2D eigenvalue weighted by atomic mass is 10.0. The number of hydrogen-bond donors (Lipinski definition) is 1. The highest BCUT2D eigenvalue weighted by atomic mass is 15.3. The van der Waals surface area contributed by atoms with E-state index in [0.717, 1.165) is 25.8 Å². The minimum Gasteiger partial charge on any atom is -0.330 e. The fraction of sp³-hybridized carbons (Fsp3) is 0.357. The molecular formula is C14H19N3. The Morgan fingerprint density at radius 2 is 2.06 bits per heavy atom. The minimum absolute atomic E-state index is 0.731. The van der Waals surface area contributed by atoms with Crippen LogP contribution in [-0.2, 0) is 12.8 Å². The summed E-state index contributed by atoms with van der Waals surface area (Å²) in [5.74, 6) is 0. The van der Waals surface area contributed by atoms with Gasteiger partial charge in [-0.15, -0.1) is 0 Å². The van der Waals surface area contributed by atoms with Gasteiger partial charge in [-0.1, -0.05) is 25.1 Å². The van der Waals surface area contributed by atoms with Crippen molar-refractivity contribution in [2.45, 2.75) is 26.2 Å². The normalized spacial score (nSPS) is 10.7. The second kappa shape index (κ2) is 5.64.